The Morgan fingerprint density at radius 1 is 1.06 bits per heavy atom. The molecule has 0 N–H and O–H groups in total. The van der Waals surface area contributed by atoms with Gasteiger partial charge in [-0.3, -0.25) is 14.6 Å². The fourth-order valence-corrected chi connectivity index (χ4v) is 4.48. The highest BCUT2D eigenvalue weighted by Crippen LogP contribution is 2.37. The van der Waals surface area contributed by atoms with Gasteiger partial charge in [-0.05, 0) is 53.8 Å². The minimum atomic E-state index is -0.692. The van der Waals surface area contributed by atoms with Crippen molar-refractivity contribution in [2.45, 2.75) is 12.8 Å². The summed E-state index contributed by atoms with van der Waals surface area (Å²) in [5.74, 6) is -0.359. The standard InChI is InChI=1S/C26H26FN3O2/c1-29(2)25(32)26(12-14-30(18-26)24(31)22-7-4-13-28-17-22)16-19-5-3-6-21(15-19)20-8-10-23(27)11-9-20/h3-11,13,15,17H,12,14,16,18H2,1-2H3/t26-/m1/s1. The van der Waals surface area contributed by atoms with Gasteiger partial charge in [-0.15, -0.1) is 0 Å². The lowest BCUT2D eigenvalue weighted by atomic mass is 9.79. The Bertz CT molecular complexity index is 1120. The van der Waals surface area contributed by atoms with Crippen LogP contribution in [0.3, 0.4) is 0 Å². The molecule has 164 valence electrons. The zero-order valence-electron chi connectivity index (χ0n) is 18.3. The van der Waals surface area contributed by atoms with E-state index in [9.17, 15) is 14.0 Å². The number of rotatable bonds is 5. The molecule has 1 aliphatic heterocycles. The molecule has 1 atom stereocenters. The van der Waals surface area contributed by atoms with Crippen LogP contribution in [0.25, 0.3) is 11.1 Å². The molecule has 0 bridgehead atoms. The van der Waals surface area contributed by atoms with Crippen LogP contribution in [-0.2, 0) is 11.2 Å². The van der Waals surface area contributed by atoms with E-state index >= 15 is 0 Å². The van der Waals surface area contributed by atoms with E-state index in [1.165, 1.54) is 12.1 Å². The van der Waals surface area contributed by atoms with E-state index in [-0.39, 0.29) is 17.6 Å². The topological polar surface area (TPSA) is 53.5 Å². The summed E-state index contributed by atoms with van der Waals surface area (Å²) in [6.45, 7) is 0.878. The molecular weight excluding hydrogens is 405 g/mol. The minimum Gasteiger partial charge on any atom is -0.348 e. The average Bonchev–Trinajstić information content (AvgIpc) is 3.24. The lowest BCUT2D eigenvalue weighted by Gasteiger charge is -2.31. The normalized spacial score (nSPS) is 17.9. The summed E-state index contributed by atoms with van der Waals surface area (Å²) in [6, 6.07) is 17.8. The first-order valence-electron chi connectivity index (χ1n) is 10.6. The van der Waals surface area contributed by atoms with Crippen molar-refractivity contribution in [2.24, 2.45) is 5.41 Å². The van der Waals surface area contributed by atoms with Crippen molar-refractivity contribution in [2.75, 3.05) is 27.2 Å². The molecule has 1 aromatic heterocycles. The Kier molecular flexibility index (Phi) is 6.04. The van der Waals surface area contributed by atoms with E-state index in [1.807, 2.05) is 24.3 Å². The second-order valence-corrected chi connectivity index (χ2v) is 8.58. The maximum Gasteiger partial charge on any atom is 0.255 e. The summed E-state index contributed by atoms with van der Waals surface area (Å²) in [5, 5.41) is 0. The number of pyridine rings is 1. The molecule has 3 aromatic rings. The highest BCUT2D eigenvalue weighted by Gasteiger charge is 2.46. The van der Waals surface area contributed by atoms with Crippen LogP contribution in [-0.4, -0.2) is 53.8 Å². The number of likely N-dealkylation sites (tertiary alicyclic amines) is 1. The predicted molar refractivity (Wildman–Crippen MR) is 121 cm³/mol. The van der Waals surface area contributed by atoms with Crippen LogP contribution in [0.2, 0.25) is 0 Å². The molecule has 2 aromatic carbocycles. The molecular formula is C26H26FN3O2. The number of carbonyl (C=O) groups excluding carboxylic acids is 2. The van der Waals surface area contributed by atoms with Gasteiger partial charge in [0.1, 0.15) is 5.82 Å². The van der Waals surface area contributed by atoms with Crippen LogP contribution >= 0.6 is 0 Å². The van der Waals surface area contributed by atoms with Gasteiger partial charge in [0.15, 0.2) is 0 Å². The third-order valence-electron chi connectivity index (χ3n) is 6.06. The number of halogens is 1. The fraction of sp³-hybridized carbons (Fsp3) is 0.269. The van der Waals surface area contributed by atoms with Crippen LogP contribution in [0.5, 0.6) is 0 Å². The summed E-state index contributed by atoms with van der Waals surface area (Å²) in [6.07, 6.45) is 4.31. The van der Waals surface area contributed by atoms with Crippen LogP contribution in [0.1, 0.15) is 22.3 Å². The van der Waals surface area contributed by atoms with E-state index in [0.29, 0.717) is 31.5 Å². The zero-order valence-corrected chi connectivity index (χ0v) is 18.3. The average molecular weight is 432 g/mol. The molecule has 6 heteroatoms. The van der Waals surface area contributed by atoms with Gasteiger partial charge in [-0.25, -0.2) is 4.39 Å². The van der Waals surface area contributed by atoms with Crippen molar-refractivity contribution < 1.29 is 14.0 Å². The quantitative estimate of drug-likeness (QED) is 0.612. The van der Waals surface area contributed by atoms with Gasteiger partial charge in [0.2, 0.25) is 5.91 Å². The number of benzene rings is 2. The highest BCUT2D eigenvalue weighted by atomic mass is 19.1. The monoisotopic (exact) mass is 431 g/mol. The number of aromatic nitrogens is 1. The molecule has 0 radical (unpaired) electrons. The second-order valence-electron chi connectivity index (χ2n) is 8.58. The molecule has 0 aliphatic carbocycles. The number of carbonyl (C=O) groups is 2. The van der Waals surface area contributed by atoms with E-state index in [4.69, 9.17) is 0 Å². The number of hydrogen-bond donors (Lipinski definition) is 0. The summed E-state index contributed by atoms with van der Waals surface area (Å²) in [7, 11) is 3.51. The first-order valence-corrected chi connectivity index (χ1v) is 10.6. The Labute approximate surface area is 187 Å². The molecule has 0 unspecified atom stereocenters. The van der Waals surface area contributed by atoms with E-state index in [1.54, 1.807) is 60.6 Å². The van der Waals surface area contributed by atoms with Crippen molar-refractivity contribution in [1.82, 2.24) is 14.8 Å². The van der Waals surface area contributed by atoms with E-state index in [2.05, 4.69) is 4.98 Å². The predicted octanol–water partition coefficient (Wildman–Crippen LogP) is 4.05. The van der Waals surface area contributed by atoms with Crippen molar-refractivity contribution in [3.05, 3.63) is 90.0 Å². The number of nitrogens with zero attached hydrogens (tertiary/aromatic N) is 3. The largest absolute Gasteiger partial charge is 0.348 e. The lowest BCUT2D eigenvalue weighted by molar-refractivity contribution is -0.138. The molecule has 4 rings (SSSR count). The Morgan fingerprint density at radius 3 is 2.53 bits per heavy atom. The molecule has 1 aliphatic rings. The molecule has 5 nitrogen and oxygen atoms in total. The van der Waals surface area contributed by atoms with Crippen molar-refractivity contribution >= 4 is 11.8 Å². The molecule has 0 saturated carbocycles. The lowest BCUT2D eigenvalue weighted by Crippen LogP contribution is -2.44. The summed E-state index contributed by atoms with van der Waals surface area (Å²) in [4.78, 5) is 33.7. The molecule has 2 heterocycles. The third-order valence-corrected chi connectivity index (χ3v) is 6.06. The Morgan fingerprint density at radius 2 is 1.84 bits per heavy atom. The van der Waals surface area contributed by atoms with Crippen LogP contribution < -0.4 is 0 Å². The fourth-order valence-electron chi connectivity index (χ4n) is 4.48. The van der Waals surface area contributed by atoms with Gasteiger partial charge < -0.3 is 9.80 Å². The van der Waals surface area contributed by atoms with Gasteiger partial charge >= 0.3 is 0 Å². The van der Waals surface area contributed by atoms with Crippen molar-refractivity contribution in [3.8, 4) is 11.1 Å². The van der Waals surface area contributed by atoms with Crippen LogP contribution in [0.15, 0.2) is 73.1 Å². The van der Waals surface area contributed by atoms with Gasteiger partial charge in [0.05, 0.1) is 11.0 Å². The Balaban J connectivity index is 1.61. The molecule has 0 spiro atoms. The second kappa shape index (κ2) is 8.91. The first-order chi connectivity index (χ1) is 15.4. The zero-order chi connectivity index (χ0) is 22.7. The van der Waals surface area contributed by atoms with Crippen LogP contribution in [0, 0.1) is 11.2 Å². The maximum atomic E-state index is 13.3. The molecule has 32 heavy (non-hydrogen) atoms. The Hall–Kier alpha value is -3.54. The van der Waals surface area contributed by atoms with Crippen molar-refractivity contribution in [1.29, 1.82) is 0 Å². The number of amides is 2. The summed E-state index contributed by atoms with van der Waals surface area (Å²) < 4.78 is 13.3. The summed E-state index contributed by atoms with van der Waals surface area (Å²) in [5.41, 5.74) is 2.73. The third kappa shape index (κ3) is 4.40. The van der Waals surface area contributed by atoms with Crippen molar-refractivity contribution in [3.63, 3.8) is 0 Å². The smallest absolute Gasteiger partial charge is 0.255 e. The number of hydrogen-bond acceptors (Lipinski definition) is 3. The van der Waals surface area contributed by atoms with Gasteiger partial charge in [0, 0.05) is 39.6 Å². The molecule has 1 saturated heterocycles. The van der Waals surface area contributed by atoms with E-state index < -0.39 is 5.41 Å². The van der Waals surface area contributed by atoms with Crippen LogP contribution in [0.4, 0.5) is 4.39 Å². The minimum absolute atomic E-state index is 0.0196. The molecule has 2 amide bonds. The first kappa shape index (κ1) is 21.7. The van der Waals surface area contributed by atoms with Gasteiger partial charge in [-0.2, -0.15) is 0 Å². The highest BCUT2D eigenvalue weighted by molar-refractivity contribution is 5.95. The summed E-state index contributed by atoms with van der Waals surface area (Å²) >= 11 is 0. The maximum absolute atomic E-state index is 13.3. The van der Waals surface area contributed by atoms with Gasteiger partial charge in [0.25, 0.3) is 5.91 Å². The van der Waals surface area contributed by atoms with E-state index in [0.717, 1.165) is 16.7 Å². The molecule has 1 fully saturated rings. The van der Waals surface area contributed by atoms with Gasteiger partial charge in [-0.1, -0.05) is 36.4 Å². The SMILES string of the molecule is CN(C)C(=O)[C@@]1(Cc2cccc(-c3ccc(F)cc3)c2)CCN(C(=O)c2cccnc2)C1.